The van der Waals surface area contributed by atoms with E-state index in [2.05, 4.69) is 38.5 Å². The van der Waals surface area contributed by atoms with E-state index in [0.29, 0.717) is 0 Å². The molecule has 0 aliphatic rings. The second-order valence-corrected chi connectivity index (χ2v) is 4.20. The van der Waals surface area contributed by atoms with E-state index < -0.39 is 0 Å². The van der Waals surface area contributed by atoms with Crippen molar-refractivity contribution in [2.45, 2.75) is 32.7 Å². The van der Waals surface area contributed by atoms with Gasteiger partial charge in [0.05, 0.1) is 6.04 Å². The SMILES string of the molecule is CCc1nsc(NC(CC)c2ncc[nH]2)n1. The molecule has 0 fully saturated rings. The zero-order valence-electron chi connectivity index (χ0n) is 9.40. The van der Waals surface area contributed by atoms with Crippen molar-refractivity contribution in [1.29, 1.82) is 0 Å². The standard InChI is InChI=1S/C10H15N5S/c1-3-7(9-11-5-6-12-9)13-10-14-8(4-2)15-16-10/h5-7H,3-4H2,1-2H3,(H,11,12)(H,13,14,15). The van der Waals surface area contributed by atoms with Crippen LogP contribution in [0.4, 0.5) is 5.13 Å². The molecule has 2 aromatic heterocycles. The second-order valence-electron chi connectivity index (χ2n) is 3.45. The zero-order valence-corrected chi connectivity index (χ0v) is 10.2. The molecule has 0 amide bonds. The van der Waals surface area contributed by atoms with Gasteiger partial charge >= 0.3 is 0 Å². The van der Waals surface area contributed by atoms with E-state index >= 15 is 0 Å². The van der Waals surface area contributed by atoms with Crippen LogP contribution in [-0.4, -0.2) is 19.3 Å². The summed E-state index contributed by atoms with van der Waals surface area (Å²) in [5.74, 6) is 1.83. The Labute approximate surface area is 98.5 Å². The molecule has 0 saturated carbocycles. The van der Waals surface area contributed by atoms with Gasteiger partial charge < -0.3 is 10.3 Å². The van der Waals surface area contributed by atoms with Crippen LogP contribution in [0.2, 0.25) is 0 Å². The summed E-state index contributed by atoms with van der Waals surface area (Å²) >= 11 is 1.40. The van der Waals surface area contributed by atoms with Gasteiger partial charge in [-0.25, -0.2) is 9.97 Å². The number of hydrogen-bond acceptors (Lipinski definition) is 5. The van der Waals surface area contributed by atoms with E-state index in [1.54, 1.807) is 6.20 Å². The van der Waals surface area contributed by atoms with E-state index in [1.807, 2.05) is 6.20 Å². The lowest BCUT2D eigenvalue weighted by atomic mass is 10.2. The minimum Gasteiger partial charge on any atom is -0.350 e. The number of nitrogens with zero attached hydrogens (tertiary/aromatic N) is 3. The molecule has 2 N–H and O–H groups in total. The predicted octanol–water partition coefficient (Wildman–Crippen LogP) is 2.39. The Morgan fingerprint density at radius 2 is 2.38 bits per heavy atom. The first-order valence-electron chi connectivity index (χ1n) is 5.41. The number of aromatic nitrogens is 4. The molecular weight excluding hydrogens is 222 g/mol. The van der Waals surface area contributed by atoms with Crippen LogP contribution in [-0.2, 0) is 6.42 Å². The van der Waals surface area contributed by atoms with Crippen LogP contribution < -0.4 is 5.32 Å². The fourth-order valence-electron chi connectivity index (χ4n) is 1.44. The van der Waals surface area contributed by atoms with Gasteiger partial charge in [-0.2, -0.15) is 4.37 Å². The van der Waals surface area contributed by atoms with Gasteiger partial charge in [0.15, 0.2) is 0 Å². The summed E-state index contributed by atoms with van der Waals surface area (Å²) in [7, 11) is 0. The van der Waals surface area contributed by atoms with Gasteiger partial charge in [-0.15, -0.1) is 0 Å². The van der Waals surface area contributed by atoms with Crippen molar-refractivity contribution in [3.8, 4) is 0 Å². The highest BCUT2D eigenvalue weighted by molar-refractivity contribution is 7.09. The van der Waals surface area contributed by atoms with Crippen molar-refractivity contribution in [3.05, 3.63) is 24.0 Å². The van der Waals surface area contributed by atoms with Crippen LogP contribution in [0.3, 0.4) is 0 Å². The van der Waals surface area contributed by atoms with E-state index in [-0.39, 0.29) is 6.04 Å². The lowest BCUT2D eigenvalue weighted by Crippen LogP contribution is -2.11. The van der Waals surface area contributed by atoms with E-state index in [9.17, 15) is 0 Å². The first-order chi connectivity index (χ1) is 7.83. The lowest BCUT2D eigenvalue weighted by Gasteiger charge is -2.12. The maximum Gasteiger partial charge on any atom is 0.203 e. The zero-order chi connectivity index (χ0) is 11.4. The topological polar surface area (TPSA) is 66.5 Å². The molecule has 5 nitrogen and oxygen atoms in total. The summed E-state index contributed by atoms with van der Waals surface area (Å²) in [5.41, 5.74) is 0. The molecule has 1 atom stereocenters. The number of imidazole rings is 1. The molecule has 2 heterocycles. The summed E-state index contributed by atoms with van der Waals surface area (Å²) in [6, 6.07) is 0.174. The Balaban J connectivity index is 2.07. The van der Waals surface area contributed by atoms with Gasteiger partial charge in [0, 0.05) is 30.3 Å². The van der Waals surface area contributed by atoms with Crippen LogP contribution in [0.5, 0.6) is 0 Å². The van der Waals surface area contributed by atoms with Crippen molar-refractivity contribution in [1.82, 2.24) is 19.3 Å². The molecule has 2 aromatic rings. The van der Waals surface area contributed by atoms with Crippen LogP contribution in [0, 0.1) is 0 Å². The van der Waals surface area contributed by atoms with Crippen molar-refractivity contribution < 1.29 is 0 Å². The Morgan fingerprint density at radius 3 is 2.94 bits per heavy atom. The van der Waals surface area contributed by atoms with E-state index in [0.717, 1.165) is 29.6 Å². The number of nitrogens with one attached hydrogen (secondary N) is 2. The first-order valence-corrected chi connectivity index (χ1v) is 6.19. The first kappa shape index (κ1) is 11.1. The highest BCUT2D eigenvalue weighted by Crippen LogP contribution is 2.21. The van der Waals surface area contributed by atoms with Gasteiger partial charge in [0.1, 0.15) is 11.6 Å². The normalized spacial score (nSPS) is 12.6. The maximum atomic E-state index is 4.38. The molecule has 1 unspecified atom stereocenters. The lowest BCUT2D eigenvalue weighted by molar-refractivity contribution is 0.702. The van der Waals surface area contributed by atoms with Crippen LogP contribution in [0.1, 0.15) is 38.0 Å². The van der Waals surface area contributed by atoms with Gasteiger partial charge in [-0.1, -0.05) is 13.8 Å². The molecular formula is C10H15N5S. The second kappa shape index (κ2) is 5.07. The van der Waals surface area contributed by atoms with Crippen molar-refractivity contribution in [2.75, 3.05) is 5.32 Å². The quantitative estimate of drug-likeness (QED) is 0.838. The van der Waals surface area contributed by atoms with E-state index in [1.165, 1.54) is 11.5 Å². The van der Waals surface area contributed by atoms with Gasteiger partial charge in [0.25, 0.3) is 0 Å². The molecule has 0 aliphatic carbocycles. The van der Waals surface area contributed by atoms with Gasteiger partial charge in [0.2, 0.25) is 5.13 Å². The predicted molar refractivity (Wildman–Crippen MR) is 64.5 cm³/mol. The number of aromatic amines is 1. The molecule has 0 aliphatic heterocycles. The van der Waals surface area contributed by atoms with Crippen LogP contribution in [0.15, 0.2) is 12.4 Å². The summed E-state index contributed by atoms with van der Waals surface area (Å²) in [6.45, 7) is 4.16. The minimum absolute atomic E-state index is 0.174. The summed E-state index contributed by atoms with van der Waals surface area (Å²) in [5, 5.41) is 4.20. The Bertz CT molecular complexity index is 422. The molecule has 86 valence electrons. The van der Waals surface area contributed by atoms with Crippen LogP contribution >= 0.6 is 11.5 Å². The fraction of sp³-hybridized carbons (Fsp3) is 0.500. The third kappa shape index (κ3) is 2.38. The van der Waals surface area contributed by atoms with Gasteiger partial charge in [-0.05, 0) is 6.42 Å². The van der Waals surface area contributed by atoms with Crippen LogP contribution in [0.25, 0.3) is 0 Å². The fourth-order valence-corrected chi connectivity index (χ4v) is 2.14. The monoisotopic (exact) mass is 237 g/mol. The summed E-state index contributed by atoms with van der Waals surface area (Å²) < 4.78 is 4.24. The molecule has 0 bridgehead atoms. The number of hydrogen-bond donors (Lipinski definition) is 2. The smallest absolute Gasteiger partial charge is 0.203 e. The van der Waals surface area contributed by atoms with Gasteiger partial charge in [-0.3, -0.25) is 0 Å². The molecule has 0 aromatic carbocycles. The Morgan fingerprint density at radius 1 is 1.50 bits per heavy atom. The summed E-state index contributed by atoms with van der Waals surface area (Å²) in [4.78, 5) is 11.7. The molecule has 0 radical (unpaired) electrons. The molecule has 2 rings (SSSR count). The molecule has 16 heavy (non-hydrogen) atoms. The maximum absolute atomic E-state index is 4.38. The van der Waals surface area contributed by atoms with Crippen molar-refractivity contribution in [2.24, 2.45) is 0 Å². The number of H-pyrrole nitrogens is 1. The highest BCUT2D eigenvalue weighted by Gasteiger charge is 2.13. The number of aryl methyl sites for hydroxylation is 1. The molecule has 0 saturated heterocycles. The minimum atomic E-state index is 0.174. The van der Waals surface area contributed by atoms with Crippen molar-refractivity contribution >= 4 is 16.7 Å². The Hall–Kier alpha value is -1.43. The average Bonchev–Trinajstić information content (AvgIpc) is 2.96. The number of rotatable bonds is 5. The highest BCUT2D eigenvalue weighted by atomic mass is 32.1. The number of anilines is 1. The Kier molecular flexibility index (Phi) is 3.51. The molecule has 0 spiro atoms. The summed E-state index contributed by atoms with van der Waals surface area (Å²) in [6.07, 6.45) is 5.42. The van der Waals surface area contributed by atoms with E-state index in [4.69, 9.17) is 0 Å². The largest absolute Gasteiger partial charge is 0.350 e. The van der Waals surface area contributed by atoms with Crippen molar-refractivity contribution in [3.63, 3.8) is 0 Å². The average molecular weight is 237 g/mol. The third-order valence-corrected chi connectivity index (χ3v) is 3.02. The molecule has 6 heteroatoms. The third-order valence-electron chi connectivity index (χ3n) is 2.34.